The third-order valence-electron chi connectivity index (χ3n) is 15.4. The Balaban J connectivity index is 0. The van der Waals surface area contributed by atoms with Gasteiger partial charge >= 0.3 is 5.97 Å². The number of hydrogen-bond donors (Lipinski definition) is 2. The third-order valence-corrected chi connectivity index (χ3v) is 15.4. The third kappa shape index (κ3) is 61.4. The summed E-state index contributed by atoms with van der Waals surface area (Å²) in [7, 11) is 0. The average molecular weight is 1020 g/mol. The van der Waals surface area contributed by atoms with Gasteiger partial charge in [-0.15, -0.1) is 0 Å². The molecule has 0 aromatic carbocycles. The number of amides is 1. The Morgan fingerprint density at radius 2 is 0.736 bits per heavy atom. The molecule has 1 unspecified atom stereocenters. The number of carbonyl (C=O) groups is 2. The summed E-state index contributed by atoms with van der Waals surface area (Å²) in [6.45, 7) is 24.9. The smallest absolute Gasteiger partial charge is 0.305 e. The van der Waals surface area contributed by atoms with Gasteiger partial charge in [-0.05, 0) is 109 Å². The second kappa shape index (κ2) is 65.9. The molecule has 7 heteroatoms. The number of carbonyl (C=O) groups excluding carboxylic acids is 2. The summed E-state index contributed by atoms with van der Waals surface area (Å²) in [4.78, 5) is 28.0. The summed E-state index contributed by atoms with van der Waals surface area (Å²) in [5.41, 5.74) is 0. The minimum absolute atomic E-state index is 0.0105. The standard InChI is InChI=1S/C36H72N2O3.C29H62N2/c1-4-7-9-11-13-14-15-16-17-18-20-22-30-38(32-28-35(6-3)26-25-29-37-34-39)31-23-24-33-41-36(40)27-21-19-12-10-8-5-2;1-4-7-10-13-16-19-22-25-30-26-29-31(27-23-20-17-14-11-8-5-2)28-24-21-18-15-12-9-6-3/h34-35H,4-33H2,1-3H3,(H,37,39);30H,4-29H2,1-3H3. The van der Waals surface area contributed by atoms with Crippen LogP contribution in [0, 0.1) is 5.92 Å². The lowest BCUT2D eigenvalue weighted by Gasteiger charge is -2.25. The van der Waals surface area contributed by atoms with Crippen molar-refractivity contribution in [1.29, 1.82) is 0 Å². The zero-order valence-corrected chi connectivity index (χ0v) is 50.4. The molecule has 432 valence electrons. The van der Waals surface area contributed by atoms with Gasteiger partial charge in [0.1, 0.15) is 0 Å². The number of nitrogens with zero attached hydrogens (tertiary/aromatic N) is 2. The number of hydrogen-bond acceptors (Lipinski definition) is 6. The van der Waals surface area contributed by atoms with E-state index in [-0.39, 0.29) is 5.97 Å². The van der Waals surface area contributed by atoms with E-state index in [9.17, 15) is 9.59 Å². The van der Waals surface area contributed by atoms with Gasteiger partial charge < -0.3 is 25.2 Å². The molecular weight excluding hydrogens is 885 g/mol. The van der Waals surface area contributed by atoms with E-state index in [0.29, 0.717) is 13.0 Å². The maximum Gasteiger partial charge on any atom is 0.305 e. The maximum atomic E-state index is 12.0. The van der Waals surface area contributed by atoms with Crippen LogP contribution < -0.4 is 10.6 Å². The largest absolute Gasteiger partial charge is 0.466 e. The Hall–Kier alpha value is -1.18. The van der Waals surface area contributed by atoms with E-state index in [4.69, 9.17) is 4.74 Å². The topological polar surface area (TPSA) is 73.9 Å². The van der Waals surface area contributed by atoms with Gasteiger partial charge in [-0.25, -0.2) is 0 Å². The van der Waals surface area contributed by atoms with Crippen molar-refractivity contribution in [2.24, 2.45) is 5.92 Å². The summed E-state index contributed by atoms with van der Waals surface area (Å²) >= 11 is 0. The molecule has 72 heavy (non-hydrogen) atoms. The molecule has 0 heterocycles. The van der Waals surface area contributed by atoms with Gasteiger partial charge in [-0.1, -0.05) is 266 Å². The van der Waals surface area contributed by atoms with Gasteiger partial charge in [0.25, 0.3) is 0 Å². The summed E-state index contributed by atoms with van der Waals surface area (Å²) in [6, 6.07) is 0. The zero-order chi connectivity index (χ0) is 52.7. The van der Waals surface area contributed by atoms with Crippen molar-refractivity contribution in [2.75, 3.05) is 65.5 Å². The summed E-state index contributed by atoms with van der Waals surface area (Å²) in [5, 5.41) is 6.53. The summed E-state index contributed by atoms with van der Waals surface area (Å²) < 4.78 is 5.52. The number of rotatable bonds is 61. The van der Waals surface area contributed by atoms with Gasteiger partial charge in [-0.2, -0.15) is 0 Å². The van der Waals surface area contributed by atoms with E-state index in [1.165, 1.54) is 296 Å². The summed E-state index contributed by atoms with van der Waals surface area (Å²) in [5.74, 6) is 0.722. The van der Waals surface area contributed by atoms with Crippen molar-refractivity contribution in [1.82, 2.24) is 20.4 Å². The quantitative estimate of drug-likeness (QED) is 0.0359. The van der Waals surface area contributed by atoms with Crippen LogP contribution in [0.15, 0.2) is 0 Å². The van der Waals surface area contributed by atoms with Gasteiger partial charge in [0.15, 0.2) is 0 Å². The van der Waals surface area contributed by atoms with E-state index < -0.39 is 0 Å². The second-order valence-corrected chi connectivity index (χ2v) is 22.4. The normalized spacial score (nSPS) is 11.9. The Morgan fingerprint density at radius 1 is 0.375 bits per heavy atom. The molecule has 0 bridgehead atoms. The first-order valence-electron chi connectivity index (χ1n) is 33.0. The highest BCUT2D eigenvalue weighted by Crippen LogP contribution is 2.18. The van der Waals surface area contributed by atoms with E-state index in [1.807, 2.05) is 0 Å². The van der Waals surface area contributed by atoms with Crippen molar-refractivity contribution >= 4 is 12.4 Å². The van der Waals surface area contributed by atoms with Crippen LogP contribution in [0.4, 0.5) is 0 Å². The van der Waals surface area contributed by atoms with Gasteiger partial charge in [-0.3, -0.25) is 9.59 Å². The minimum atomic E-state index is -0.0105. The Bertz CT molecular complexity index is 981. The molecule has 0 fully saturated rings. The van der Waals surface area contributed by atoms with Crippen LogP contribution in [0.5, 0.6) is 0 Å². The highest BCUT2D eigenvalue weighted by molar-refractivity contribution is 5.69. The van der Waals surface area contributed by atoms with Gasteiger partial charge in [0.2, 0.25) is 6.41 Å². The SMILES string of the molecule is CCCCCCCCCCCCCCN(CCCCOC(=O)CCCCCCCC)CCC(CC)CCCNC=O.CCCCCCCCCNCCN(CCCCCCCCC)CCCCCCCCC. The lowest BCUT2D eigenvalue weighted by Crippen LogP contribution is -2.34. The highest BCUT2D eigenvalue weighted by Gasteiger charge is 2.12. The van der Waals surface area contributed by atoms with Crippen LogP contribution in [0.1, 0.15) is 337 Å². The molecule has 0 aromatic rings. The molecule has 1 atom stereocenters. The first-order chi connectivity index (χ1) is 35.5. The second-order valence-electron chi connectivity index (χ2n) is 22.4. The average Bonchev–Trinajstić information content (AvgIpc) is 3.39. The Kier molecular flexibility index (Phi) is 66.7. The molecule has 7 nitrogen and oxygen atoms in total. The predicted octanol–water partition coefficient (Wildman–Crippen LogP) is 19.1. The molecule has 2 N–H and O–H groups in total. The van der Waals surface area contributed by atoms with Crippen LogP contribution in [0.3, 0.4) is 0 Å². The lowest BCUT2D eigenvalue weighted by molar-refractivity contribution is -0.143. The number of nitrogens with one attached hydrogen (secondary N) is 2. The molecule has 0 saturated heterocycles. The van der Waals surface area contributed by atoms with E-state index >= 15 is 0 Å². The Morgan fingerprint density at radius 3 is 1.14 bits per heavy atom. The van der Waals surface area contributed by atoms with Crippen molar-refractivity contribution in [3.8, 4) is 0 Å². The molecule has 0 spiro atoms. The van der Waals surface area contributed by atoms with Crippen LogP contribution >= 0.6 is 0 Å². The maximum absolute atomic E-state index is 12.0. The van der Waals surface area contributed by atoms with Crippen LogP contribution in [-0.2, 0) is 14.3 Å². The molecule has 0 radical (unpaired) electrons. The van der Waals surface area contributed by atoms with Gasteiger partial charge in [0.05, 0.1) is 6.61 Å². The van der Waals surface area contributed by atoms with Crippen LogP contribution in [-0.4, -0.2) is 87.7 Å². The van der Waals surface area contributed by atoms with Crippen molar-refractivity contribution in [3.05, 3.63) is 0 Å². The predicted molar refractivity (Wildman–Crippen MR) is 321 cm³/mol. The zero-order valence-electron chi connectivity index (χ0n) is 50.4. The number of unbranched alkanes of at least 4 members (excludes halogenated alkanes) is 35. The summed E-state index contributed by atoms with van der Waals surface area (Å²) in [6.07, 6.45) is 61.9. The molecule has 0 rings (SSSR count). The van der Waals surface area contributed by atoms with E-state index in [1.54, 1.807) is 0 Å². The van der Waals surface area contributed by atoms with E-state index in [0.717, 1.165) is 64.1 Å². The Labute approximate surface area is 453 Å². The van der Waals surface area contributed by atoms with E-state index in [2.05, 4.69) is 62.0 Å². The molecule has 0 aromatic heterocycles. The molecule has 1 amide bonds. The van der Waals surface area contributed by atoms with Gasteiger partial charge in [0, 0.05) is 26.1 Å². The van der Waals surface area contributed by atoms with Crippen molar-refractivity contribution in [3.63, 3.8) is 0 Å². The van der Waals surface area contributed by atoms with Crippen LogP contribution in [0.25, 0.3) is 0 Å². The molecule has 0 aliphatic heterocycles. The number of ether oxygens (including phenoxy) is 1. The molecule has 0 aliphatic carbocycles. The number of esters is 1. The van der Waals surface area contributed by atoms with Crippen molar-refractivity contribution in [2.45, 2.75) is 337 Å². The van der Waals surface area contributed by atoms with Crippen molar-refractivity contribution < 1.29 is 14.3 Å². The fourth-order valence-electron chi connectivity index (χ4n) is 10.2. The fourth-order valence-corrected chi connectivity index (χ4v) is 10.2. The minimum Gasteiger partial charge on any atom is -0.466 e. The highest BCUT2D eigenvalue weighted by atomic mass is 16.5. The molecular formula is C65H134N4O3. The first-order valence-corrected chi connectivity index (χ1v) is 33.0. The molecule has 0 aliphatic rings. The fraction of sp³-hybridized carbons (Fsp3) is 0.969. The molecule has 0 saturated carbocycles. The first kappa shape index (κ1) is 72.9. The monoisotopic (exact) mass is 1020 g/mol. The van der Waals surface area contributed by atoms with Crippen LogP contribution in [0.2, 0.25) is 0 Å². The lowest BCUT2D eigenvalue weighted by atomic mass is 9.96.